The zero-order valence-electron chi connectivity index (χ0n) is 6.51. The Morgan fingerprint density at radius 2 is 2.15 bits per heavy atom. The van der Waals surface area contributed by atoms with Gasteiger partial charge in [0.25, 0.3) is 0 Å². The molecule has 1 unspecified atom stereocenters. The van der Waals surface area contributed by atoms with Crippen LogP contribution in [0.25, 0.3) is 0 Å². The topological polar surface area (TPSA) is 25.4 Å². The van der Waals surface area contributed by atoms with Gasteiger partial charge in [0, 0.05) is 11.8 Å². The maximum absolute atomic E-state index is 12.3. The molecule has 5 heteroatoms. The number of hydrogen-bond acceptors (Lipinski definition) is 2. The molecule has 0 spiro atoms. The van der Waals surface area contributed by atoms with Crippen molar-refractivity contribution in [3.8, 4) is 0 Å². The number of rotatable bonds is 1. The fraction of sp³-hybridized carbons (Fsp3) is 0.375. The Labute approximate surface area is 72.4 Å². The Hall–Kier alpha value is -1.10. The highest BCUT2D eigenvalue weighted by Gasteiger charge is 2.40. The van der Waals surface area contributed by atoms with E-state index >= 15 is 0 Å². The predicted octanol–water partition coefficient (Wildman–Crippen LogP) is 2.17. The summed E-state index contributed by atoms with van der Waals surface area (Å²) in [7, 11) is 0. The molecule has 0 bridgehead atoms. The quantitative estimate of drug-likeness (QED) is 0.632. The third-order valence-corrected chi connectivity index (χ3v) is 1.79. The van der Waals surface area contributed by atoms with Crippen molar-refractivity contribution < 1.29 is 17.9 Å². The summed E-state index contributed by atoms with van der Waals surface area (Å²) in [5.41, 5.74) is -0.701. The van der Waals surface area contributed by atoms with Crippen LogP contribution in [0.1, 0.15) is 17.4 Å². The average molecular weight is 189 g/mol. The van der Waals surface area contributed by atoms with Crippen LogP contribution in [0.15, 0.2) is 18.3 Å². The monoisotopic (exact) mass is 189 g/mol. The molecule has 0 saturated carbocycles. The van der Waals surface area contributed by atoms with Crippen molar-refractivity contribution in [2.45, 2.75) is 12.3 Å². The molecule has 1 aromatic rings. The van der Waals surface area contributed by atoms with Gasteiger partial charge in [0.2, 0.25) is 0 Å². The van der Waals surface area contributed by atoms with Gasteiger partial charge in [-0.15, -0.1) is 0 Å². The zero-order valence-corrected chi connectivity index (χ0v) is 6.51. The largest absolute Gasteiger partial charge is 0.433 e. The zero-order chi connectivity index (χ0) is 9.47. The van der Waals surface area contributed by atoms with Crippen LogP contribution in [0, 0.1) is 0 Å². The van der Waals surface area contributed by atoms with Gasteiger partial charge in [-0.05, 0) is 6.07 Å². The summed E-state index contributed by atoms with van der Waals surface area (Å²) in [5.74, 6) is 0. The molecule has 2 nitrogen and oxygen atoms in total. The van der Waals surface area contributed by atoms with Gasteiger partial charge < -0.3 is 4.74 Å². The van der Waals surface area contributed by atoms with E-state index in [1.807, 2.05) is 0 Å². The van der Waals surface area contributed by atoms with Crippen molar-refractivity contribution in [1.82, 2.24) is 4.98 Å². The first kappa shape index (κ1) is 8.50. The molecule has 0 amide bonds. The standard InChI is InChI=1S/C8H6F3NO/c9-8(10,11)7-5(6-4-13-6)2-1-3-12-7/h1-3,6H,4H2. The molecule has 0 aromatic carbocycles. The number of nitrogens with zero attached hydrogens (tertiary/aromatic N) is 1. The third kappa shape index (κ3) is 1.65. The van der Waals surface area contributed by atoms with Crippen LogP contribution in [0.2, 0.25) is 0 Å². The Bertz CT molecular complexity index is 319. The normalized spacial score (nSPS) is 21.6. The molecule has 2 rings (SSSR count). The van der Waals surface area contributed by atoms with Gasteiger partial charge in [-0.3, -0.25) is 4.98 Å². The SMILES string of the molecule is FC(F)(F)c1ncccc1C1CO1. The molecule has 1 fully saturated rings. The van der Waals surface area contributed by atoms with Crippen molar-refractivity contribution in [2.24, 2.45) is 0 Å². The highest BCUT2D eigenvalue weighted by molar-refractivity contribution is 5.27. The van der Waals surface area contributed by atoms with E-state index in [0.717, 1.165) is 6.20 Å². The van der Waals surface area contributed by atoms with Gasteiger partial charge in [-0.1, -0.05) is 6.07 Å². The van der Waals surface area contributed by atoms with Crippen molar-refractivity contribution in [3.05, 3.63) is 29.6 Å². The number of aromatic nitrogens is 1. The molecule has 0 radical (unpaired) electrons. The molecule has 70 valence electrons. The maximum atomic E-state index is 12.3. The summed E-state index contributed by atoms with van der Waals surface area (Å²) in [4.78, 5) is 3.31. The minimum atomic E-state index is -4.39. The van der Waals surface area contributed by atoms with Gasteiger partial charge in [-0.25, -0.2) is 0 Å². The van der Waals surface area contributed by atoms with Gasteiger partial charge in [-0.2, -0.15) is 13.2 Å². The van der Waals surface area contributed by atoms with Crippen LogP contribution in [-0.2, 0) is 10.9 Å². The molecular weight excluding hydrogens is 183 g/mol. The molecule has 1 aliphatic heterocycles. The number of epoxide rings is 1. The van der Waals surface area contributed by atoms with E-state index in [1.54, 1.807) is 0 Å². The molecule has 0 aliphatic carbocycles. The second-order valence-corrected chi connectivity index (χ2v) is 2.76. The Balaban J connectivity index is 2.43. The van der Waals surface area contributed by atoms with E-state index in [0.29, 0.717) is 6.61 Å². The fourth-order valence-corrected chi connectivity index (χ4v) is 1.14. The van der Waals surface area contributed by atoms with E-state index < -0.39 is 18.0 Å². The summed E-state index contributed by atoms with van der Waals surface area (Å²) < 4.78 is 41.7. The van der Waals surface area contributed by atoms with Crippen molar-refractivity contribution in [3.63, 3.8) is 0 Å². The minimum Gasteiger partial charge on any atom is -0.368 e. The second-order valence-electron chi connectivity index (χ2n) is 2.76. The van der Waals surface area contributed by atoms with Gasteiger partial charge in [0.05, 0.1) is 6.61 Å². The molecule has 1 aliphatic rings. The summed E-state index contributed by atoms with van der Waals surface area (Å²) in [6.07, 6.45) is -3.66. The highest BCUT2D eigenvalue weighted by Crippen LogP contribution is 2.38. The van der Waals surface area contributed by atoms with E-state index in [2.05, 4.69) is 4.98 Å². The summed E-state index contributed by atoms with van der Waals surface area (Å²) in [5, 5.41) is 0. The van der Waals surface area contributed by atoms with Gasteiger partial charge in [0.15, 0.2) is 0 Å². The number of ether oxygens (including phenoxy) is 1. The van der Waals surface area contributed by atoms with E-state index in [9.17, 15) is 13.2 Å². The molecule has 13 heavy (non-hydrogen) atoms. The molecule has 2 heterocycles. The van der Waals surface area contributed by atoms with E-state index in [4.69, 9.17) is 4.74 Å². The number of pyridine rings is 1. The van der Waals surface area contributed by atoms with Gasteiger partial charge >= 0.3 is 6.18 Å². The summed E-state index contributed by atoms with van der Waals surface area (Å²) in [6.45, 7) is 0.356. The lowest BCUT2D eigenvalue weighted by Gasteiger charge is -2.08. The van der Waals surface area contributed by atoms with Crippen LogP contribution >= 0.6 is 0 Å². The first-order chi connectivity index (χ1) is 6.09. The van der Waals surface area contributed by atoms with Crippen molar-refractivity contribution in [1.29, 1.82) is 0 Å². The Kier molecular flexibility index (Phi) is 1.76. The molecule has 0 N–H and O–H groups in total. The predicted molar refractivity (Wildman–Crippen MR) is 37.9 cm³/mol. The van der Waals surface area contributed by atoms with Crippen LogP contribution in [0.5, 0.6) is 0 Å². The van der Waals surface area contributed by atoms with Crippen molar-refractivity contribution in [2.75, 3.05) is 6.61 Å². The Morgan fingerprint density at radius 3 is 2.69 bits per heavy atom. The first-order valence-corrected chi connectivity index (χ1v) is 3.73. The average Bonchev–Trinajstić information content (AvgIpc) is 2.85. The fourth-order valence-electron chi connectivity index (χ4n) is 1.14. The first-order valence-electron chi connectivity index (χ1n) is 3.73. The Morgan fingerprint density at radius 1 is 1.46 bits per heavy atom. The van der Waals surface area contributed by atoms with E-state index in [-0.39, 0.29) is 5.56 Å². The number of halogens is 3. The highest BCUT2D eigenvalue weighted by atomic mass is 19.4. The van der Waals surface area contributed by atoms with Crippen LogP contribution in [0.3, 0.4) is 0 Å². The number of hydrogen-bond donors (Lipinski definition) is 0. The smallest absolute Gasteiger partial charge is 0.368 e. The molecule has 1 aromatic heterocycles. The second kappa shape index (κ2) is 2.70. The maximum Gasteiger partial charge on any atom is 0.433 e. The summed E-state index contributed by atoms with van der Waals surface area (Å²) in [6, 6.07) is 2.87. The van der Waals surface area contributed by atoms with E-state index in [1.165, 1.54) is 12.1 Å². The lowest BCUT2D eigenvalue weighted by atomic mass is 10.1. The lowest BCUT2D eigenvalue weighted by molar-refractivity contribution is -0.142. The third-order valence-electron chi connectivity index (χ3n) is 1.79. The minimum absolute atomic E-state index is 0.134. The van der Waals surface area contributed by atoms with Crippen LogP contribution in [0.4, 0.5) is 13.2 Å². The van der Waals surface area contributed by atoms with Crippen LogP contribution < -0.4 is 0 Å². The molecular formula is C8H6F3NO. The van der Waals surface area contributed by atoms with Crippen molar-refractivity contribution >= 4 is 0 Å². The summed E-state index contributed by atoms with van der Waals surface area (Å²) >= 11 is 0. The molecule has 1 saturated heterocycles. The van der Waals surface area contributed by atoms with Crippen LogP contribution in [-0.4, -0.2) is 11.6 Å². The lowest BCUT2D eigenvalue weighted by Crippen LogP contribution is -2.11. The van der Waals surface area contributed by atoms with Gasteiger partial charge in [0.1, 0.15) is 11.8 Å². The number of alkyl halides is 3. The molecule has 1 atom stereocenters.